The molecular weight excluding hydrogens is 332 g/mol. The molecule has 23 heavy (non-hydrogen) atoms. The highest BCUT2D eigenvalue weighted by atomic mass is 32.3. The van der Waals surface area contributed by atoms with Gasteiger partial charge in [0.15, 0.2) is 17.0 Å². The van der Waals surface area contributed by atoms with Crippen molar-refractivity contribution in [1.82, 2.24) is 0 Å². The number of ketones is 1. The average molecular weight is 360 g/mol. The van der Waals surface area contributed by atoms with Gasteiger partial charge in [-0.25, -0.2) is 0 Å². The highest BCUT2D eigenvalue weighted by Gasteiger charge is 2.37. The van der Waals surface area contributed by atoms with E-state index >= 15 is 0 Å². The molecule has 0 aliphatic carbocycles. The number of rotatable bonds is 8. The third kappa shape index (κ3) is 7.50. The van der Waals surface area contributed by atoms with Crippen LogP contribution in [0.5, 0.6) is 0 Å². The number of hydrogen-bond donors (Lipinski definition) is 0. The lowest BCUT2D eigenvalue weighted by molar-refractivity contribution is -0.116. The van der Waals surface area contributed by atoms with Crippen LogP contribution in [-0.2, 0) is 29.7 Å². The second-order valence-corrected chi connectivity index (χ2v) is 10.3. The van der Waals surface area contributed by atoms with Gasteiger partial charge in [-0.3, -0.25) is 4.79 Å². The van der Waals surface area contributed by atoms with Gasteiger partial charge in [0.1, 0.15) is 5.75 Å². The minimum absolute atomic E-state index is 0.0548. The van der Waals surface area contributed by atoms with Crippen molar-refractivity contribution in [2.75, 3.05) is 11.5 Å². The smallest absolute Gasteiger partial charge is 0.294 e. The molecule has 0 N–H and O–H groups in total. The Hall–Kier alpha value is -0.850. The molecule has 0 amide bonds. The number of benzene rings is 1. The Morgan fingerprint density at radius 3 is 2.22 bits per heavy atom. The van der Waals surface area contributed by atoms with Crippen LogP contribution >= 0.6 is 0 Å². The summed E-state index contributed by atoms with van der Waals surface area (Å²) in [5.41, 5.74) is 0.869. The Morgan fingerprint density at radius 2 is 1.74 bits per heavy atom. The number of Topliss-reactive ketones (excluding diaryl/α,β-unsaturated/α-hetero) is 1. The summed E-state index contributed by atoms with van der Waals surface area (Å²) < 4.78 is 30.3. The van der Waals surface area contributed by atoms with Crippen molar-refractivity contribution in [3.05, 3.63) is 29.8 Å². The largest absolute Gasteiger partial charge is 0.339 e. The summed E-state index contributed by atoms with van der Waals surface area (Å²) in [6, 6.07) is 6.55. The molecule has 0 saturated heterocycles. The summed E-state index contributed by atoms with van der Waals surface area (Å²) in [5.74, 6) is 0.753. The second-order valence-electron chi connectivity index (χ2n) is 6.91. The molecule has 0 spiro atoms. The SMILES string of the molecule is CCCC(=O)C[S+](CC(C)(C)C)OS(=O)(=O)c1ccc(C)cc1. The van der Waals surface area contributed by atoms with Crippen molar-refractivity contribution < 1.29 is 16.8 Å². The summed E-state index contributed by atoms with van der Waals surface area (Å²) >= 11 is -0.938. The van der Waals surface area contributed by atoms with Crippen molar-refractivity contribution in [3.63, 3.8) is 0 Å². The quantitative estimate of drug-likeness (QED) is 0.665. The van der Waals surface area contributed by atoms with Crippen molar-refractivity contribution >= 4 is 27.1 Å². The molecule has 6 heteroatoms. The van der Waals surface area contributed by atoms with Gasteiger partial charge in [0.25, 0.3) is 0 Å². The van der Waals surface area contributed by atoms with Crippen LogP contribution in [0.25, 0.3) is 0 Å². The molecule has 0 fully saturated rings. The molecule has 0 bridgehead atoms. The third-order valence-electron chi connectivity index (χ3n) is 2.94. The first-order valence-electron chi connectivity index (χ1n) is 7.74. The van der Waals surface area contributed by atoms with Crippen LogP contribution in [0.2, 0.25) is 0 Å². The number of aryl methyl sites for hydroxylation is 1. The molecule has 1 unspecified atom stereocenters. The molecule has 130 valence electrons. The Kier molecular flexibility index (Phi) is 7.29. The van der Waals surface area contributed by atoms with Crippen molar-refractivity contribution in [1.29, 1.82) is 0 Å². The van der Waals surface area contributed by atoms with E-state index in [2.05, 4.69) is 0 Å². The van der Waals surface area contributed by atoms with Crippen LogP contribution in [0.4, 0.5) is 0 Å². The van der Waals surface area contributed by atoms with Crippen LogP contribution in [-0.4, -0.2) is 25.7 Å². The third-order valence-corrected chi connectivity index (χ3v) is 7.11. The molecule has 0 heterocycles. The Morgan fingerprint density at radius 1 is 1.17 bits per heavy atom. The van der Waals surface area contributed by atoms with Crippen molar-refractivity contribution in [2.45, 2.75) is 52.4 Å². The first-order valence-corrected chi connectivity index (χ1v) is 10.6. The van der Waals surface area contributed by atoms with Gasteiger partial charge >= 0.3 is 10.1 Å². The summed E-state index contributed by atoms with van der Waals surface area (Å²) in [5, 5.41) is 0. The van der Waals surface area contributed by atoms with E-state index in [9.17, 15) is 13.2 Å². The van der Waals surface area contributed by atoms with Crippen LogP contribution in [0.15, 0.2) is 29.2 Å². The standard InChI is InChI=1S/C17H27O4S2/c1-6-7-15(18)12-22(13-17(3,4)5)21-23(19,20)16-10-8-14(2)9-11-16/h8-11H,6-7,12-13H2,1-5H3/q+1. The molecule has 1 aromatic carbocycles. The van der Waals surface area contributed by atoms with Gasteiger partial charge < -0.3 is 0 Å². The molecule has 0 radical (unpaired) electrons. The first kappa shape index (κ1) is 20.2. The molecule has 1 rings (SSSR count). The topological polar surface area (TPSA) is 60.4 Å². The highest BCUT2D eigenvalue weighted by Crippen LogP contribution is 2.24. The average Bonchev–Trinajstić information content (AvgIpc) is 2.36. The predicted octanol–water partition coefficient (Wildman–Crippen LogP) is 3.65. The van der Waals surface area contributed by atoms with Gasteiger partial charge in [0.05, 0.1) is 4.90 Å². The maximum absolute atomic E-state index is 12.5. The highest BCUT2D eigenvalue weighted by molar-refractivity contribution is 8.03. The van der Waals surface area contributed by atoms with Crippen molar-refractivity contribution in [3.8, 4) is 0 Å². The molecule has 1 aromatic rings. The first-order chi connectivity index (χ1) is 10.5. The van der Waals surface area contributed by atoms with Gasteiger partial charge in [0.2, 0.25) is 5.75 Å². The van der Waals surface area contributed by atoms with E-state index in [4.69, 9.17) is 3.63 Å². The zero-order chi connectivity index (χ0) is 17.7. The van der Waals surface area contributed by atoms with E-state index in [0.29, 0.717) is 12.2 Å². The fourth-order valence-corrected chi connectivity index (χ4v) is 5.74. The minimum Gasteiger partial charge on any atom is -0.294 e. The number of carbonyl (C=O) groups is 1. The van der Waals surface area contributed by atoms with E-state index < -0.39 is 21.3 Å². The van der Waals surface area contributed by atoms with Gasteiger partial charge in [-0.15, -0.1) is 0 Å². The maximum Gasteiger partial charge on any atom is 0.339 e. The van der Waals surface area contributed by atoms with Crippen LogP contribution < -0.4 is 0 Å². The molecule has 1 atom stereocenters. The minimum atomic E-state index is -3.85. The van der Waals surface area contributed by atoms with E-state index in [-0.39, 0.29) is 21.8 Å². The molecule has 0 aromatic heterocycles. The van der Waals surface area contributed by atoms with E-state index in [1.807, 2.05) is 34.6 Å². The normalized spacial score (nSPS) is 13.8. The Balaban J connectivity index is 2.93. The zero-order valence-corrected chi connectivity index (χ0v) is 16.2. The molecule has 0 aliphatic rings. The fourth-order valence-electron chi connectivity index (χ4n) is 1.98. The lowest BCUT2D eigenvalue weighted by Gasteiger charge is -2.16. The zero-order valence-electron chi connectivity index (χ0n) is 14.6. The lowest BCUT2D eigenvalue weighted by atomic mass is 10.0. The maximum atomic E-state index is 12.5. The summed E-state index contributed by atoms with van der Waals surface area (Å²) in [6.45, 7) is 9.87. The van der Waals surface area contributed by atoms with Gasteiger partial charge in [0, 0.05) is 11.8 Å². The Bertz CT molecular complexity index is 613. The van der Waals surface area contributed by atoms with Gasteiger partial charge in [-0.1, -0.05) is 45.4 Å². The van der Waals surface area contributed by atoms with E-state index in [1.165, 1.54) is 12.1 Å². The second kappa shape index (κ2) is 8.31. The summed E-state index contributed by atoms with van der Waals surface area (Å²) in [6.07, 6.45) is 1.22. The molecule has 0 saturated carbocycles. The molecule has 4 nitrogen and oxygen atoms in total. The van der Waals surface area contributed by atoms with E-state index in [1.54, 1.807) is 12.1 Å². The van der Waals surface area contributed by atoms with Crippen LogP contribution in [0, 0.1) is 12.3 Å². The van der Waals surface area contributed by atoms with Crippen molar-refractivity contribution in [2.24, 2.45) is 5.41 Å². The number of carbonyl (C=O) groups excluding carboxylic acids is 1. The van der Waals surface area contributed by atoms with Crippen LogP contribution in [0.3, 0.4) is 0 Å². The molecular formula is C17H27O4S2+. The van der Waals surface area contributed by atoms with Gasteiger partial charge in [-0.2, -0.15) is 8.42 Å². The predicted molar refractivity (Wildman–Crippen MR) is 95.9 cm³/mol. The summed E-state index contributed by atoms with van der Waals surface area (Å²) in [7, 11) is -3.85. The monoisotopic (exact) mass is 359 g/mol. The summed E-state index contributed by atoms with van der Waals surface area (Å²) in [4.78, 5) is 12.1. The molecule has 0 aliphatic heterocycles. The van der Waals surface area contributed by atoms with Gasteiger partial charge in [-0.05, 0) is 29.1 Å². The fraction of sp³-hybridized carbons (Fsp3) is 0.588. The van der Waals surface area contributed by atoms with Crippen LogP contribution in [0.1, 0.15) is 46.1 Å². The van der Waals surface area contributed by atoms with E-state index in [0.717, 1.165) is 12.0 Å². The number of hydrogen-bond acceptors (Lipinski definition) is 4. The Labute approximate surface area is 143 Å². The lowest BCUT2D eigenvalue weighted by Crippen LogP contribution is -2.30.